The van der Waals surface area contributed by atoms with Gasteiger partial charge in [-0.2, -0.15) is 0 Å². The van der Waals surface area contributed by atoms with Gasteiger partial charge in [-0.15, -0.1) is 24.0 Å². The number of fused-ring (bicyclic) bond motifs is 1. The maximum absolute atomic E-state index is 11.5. The van der Waals surface area contributed by atoms with Gasteiger partial charge in [0, 0.05) is 25.2 Å². The Balaban J connectivity index is 0.00000288. The van der Waals surface area contributed by atoms with Crippen molar-refractivity contribution in [3.63, 3.8) is 0 Å². The van der Waals surface area contributed by atoms with Crippen LogP contribution in [-0.2, 0) is 10.0 Å². The van der Waals surface area contributed by atoms with Crippen molar-refractivity contribution < 1.29 is 8.42 Å². The lowest BCUT2D eigenvalue weighted by atomic mass is 9.82. The van der Waals surface area contributed by atoms with Crippen LogP contribution in [0.1, 0.15) is 46.5 Å². The highest BCUT2D eigenvalue weighted by Crippen LogP contribution is 2.35. The molecule has 0 radical (unpaired) electrons. The molecule has 8 heteroatoms. The van der Waals surface area contributed by atoms with Crippen molar-refractivity contribution in [3.8, 4) is 0 Å². The molecule has 1 heterocycles. The second-order valence-electron chi connectivity index (χ2n) is 7.64. The maximum atomic E-state index is 11.5. The molecule has 142 valence electrons. The lowest BCUT2D eigenvalue weighted by Gasteiger charge is -2.26. The van der Waals surface area contributed by atoms with Gasteiger partial charge in [0.25, 0.3) is 0 Å². The topological polar surface area (TPSA) is 73.8 Å². The van der Waals surface area contributed by atoms with E-state index in [1.54, 1.807) is 0 Å². The summed E-state index contributed by atoms with van der Waals surface area (Å²) in [6, 6.07) is 0. The lowest BCUT2D eigenvalue weighted by molar-refractivity contribution is 0.299. The van der Waals surface area contributed by atoms with Crippen molar-refractivity contribution in [2.45, 2.75) is 52.0 Å². The number of nitrogens with one attached hydrogen (secondary N) is 2. The van der Waals surface area contributed by atoms with Crippen LogP contribution in [0.3, 0.4) is 0 Å². The van der Waals surface area contributed by atoms with Gasteiger partial charge in [-0.25, -0.2) is 13.1 Å². The molecule has 2 N–H and O–H groups in total. The van der Waals surface area contributed by atoms with Crippen molar-refractivity contribution in [1.29, 1.82) is 0 Å². The molecule has 1 saturated heterocycles. The Morgan fingerprint density at radius 3 is 2.21 bits per heavy atom. The number of aliphatic imine (C=N–C) groups is 1. The van der Waals surface area contributed by atoms with E-state index in [2.05, 4.69) is 21.9 Å². The van der Waals surface area contributed by atoms with Crippen molar-refractivity contribution in [3.05, 3.63) is 0 Å². The Kier molecular flexibility index (Phi) is 8.25. The third-order valence-corrected chi connectivity index (χ3v) is 5.62. The fourth-order valence-corrected chi connectivity index (χ4v) is 4.88. The largest absolute Gasteiger partial charge is 0.357 e. The molecule has 2 unspecified atom stereocenters. The second-order valence-corrected chi connectivity index (χ2v) is 9.39. The molecule has 0 bridgehead atoms. The summed E-state index contributed by atoms with van der Waals surface area (Å²) in [5.41, 5.74) is -0.583. The van der Waals surface area contributed by atoms with E-state index in [-0.39, 0.29) is 24.0 Å². The zero-order valence-corrected chi connectivity index (χ0v) is 18.5. The monoisotopic (exact) mass is 472 g/mol. The predicted octanol–water partition coefficient (Wildman–Crippen LogP) is 2.02. The molecule has 24 heavy (non-hydrogen) atoms. The first-order chi connectivity index (χ1) is 10.7. The molecule has 0 spiro atoms. The molecule has 0 aromatic heterocycles. The van der Waals surface area contributed by atoms with Gasteiger partial charge in [0.05, 0.1) is 12.8 Å². The van der Waals surface area contributed by atoms with Gasteiger partial charge >= 0.3 is 0 Å². The summed E-state index contributed by atoms with van der Waals surface area (Å²) in [6.07, 6.45) is 6.57. The van der Waals surface area contributed by atoms with Gasteiger partial charge < -0.3 is 10.2 Å². The van der Waals surface area contributed by atoms with Crippen LogP contribution in [-0.4, -0.2) is 57.3 Å². The number of likely N-dealkylation sites (tertiary alicyclic amines) is 1. The average Bonchev–Trinajstić information content (AvgIpc) is 2.84. The Labute approximate surface area is 164 Å². The molecule has 2 atom stereocenters. The minimum Gasteiger partial charge on any atom is -0.357 e. The van der Waals surface area contributed by atoms with Crippen molar-refractivity contribution >= 4 is 40.0 Å². The fraction of sp³-hybridized carbons (Fsp3) is 0.938. The Bertz CT molecular complexity index is 522. The molecular formula is C16H33IN4O2S. The van der Waals surface area contributed by atoms with Gasteiger partial charge in [0.2, 0.25) is 10.0 Å². The third-order valence-electron chi connectivity index (χ3n) is 4.70. The van der Waals surface area contributed by atoms with Crippen LogP contribution in [0.15, 0.2) is 4.99 Å². The summed E-state index contributed by atoms with van der Waals surface area (Å²) < 4.78 is 25.6. The Hall–Kier alpha value is -0.0900. The maximum Gasteiger partial charge on any atom is 0.209 e. The van der Waals surface area contributed by atoms with Crippen LogP contribution in [0.4, 0.5) is 0 Å². The number of hydrogen-bond acceptors (Lipinski definition) is 3. The molecule has 1 saturated carbocycles. The highest BCUT2D eigenvalue weighted by molar-refractivity contribution is 14.0. The molecule has 0 aromatic carbocycles. The van der Waals surface area contributed by atoms with Gasteiger partial charge in [-0.05, 0) is 45.4 Å². The van der Waals surface area contributed by atoms with Crippen molar-refractivity contribution in [2.75, 3.05) is 32.4 Å². The summed E-state index contributed by atoms with van der Waals surface area (Å²) >= 11 is 0. The smallest absolute Gasteiger partial charge is 0.209 e. The van der Waals surface area contributed by atoms with Gasteiger partial charge in [-0.1, -0.05) is 12.8 Å². The van der Waals surface area contributed by atoms with E-state index >= 15 is 0 Å². The van der Waals surface area contributed by atoms with Crippen LogP contribution in [0, 0.1) is 11.8 Å². The highest BCUT2D eigenvalue weighted by Gasteiger charge is 2.35. The van der Waals surface area contributed by atoms with Gasteiger partial charge in [0.1, 0.15) is 0 Å². The van der Waals surface area contributed by atoms with E-state index in [1.165, 1.54) is 31.9 Å². The van der Waals surface area contributed by atoms with E-state index in [0.29, 0.717) is 6.54 Å². The number of sulfonamides is 1. The third kappa shape index (κ3) is 6.67. The minimum atomic E-state index is -3.23. The van der Waals surface area contributed by atoms with Crippen LogP contribution < -0.4 is 10.0 Å². The van der Waals surface area contributed by atoms with Crippen molar-refractivity contribution in [1.82, 2.24) is 14.9 Å². The highest BCUT2D eigenvalue weighted by atomic mass is 127. The molecule has 2 fully saturated rings. The van der Waals surface area contributed by atoms with Gasteiger partial charge in [0.15, 0.2) is 5.96 Å². The number of hydrogen-bond donors (Lipinski definition) is 2. The average molecular weight is 472 g/mol. The summed E-state index contributed by atoms with van der Waals surface area (Å²) in [4.78, 5) is 7.08. The first-order valence-corrected chi connectivity index (χ1v) is 10.6. The lowest BCUT2D eigenvalue weighted by Crippen LogP contribution is -2.47. The van der Waals surface area contributed by atoms with Crippen LogP contribution >= 0.6 is 24.0 Å². The van der Waals surface area contributed by atoms with E-state index < -0.39 is 15.6 Å². The number of halogens is 1. The van der Waals surface area contributed by atoms with E-state index in [4.69, 9.17) is 4.99 Å². The first kappa shape index (κ1) is 22.0. The molecule has 2 aliphatic rings. The fourth-order valence-electron chi connectivity index (χ4n) is 3.81. The molecule has 1 aliphatic carbocycles. The predicted molar refractivity (Wildman–Crippen MR) is 110 cm³/mol. The Morgan fingerprint density at radius 1 is 1.21 bits per heavy atom. The quantitative estimate of drug-likeness (QED) is 0.365. The van der Waals surface area contributed by atoms with E-state index in [0.717, 1.165) is 37.4 Å². The van der Waals surface area contributed by atoms with Crippen molar-refractivity contribution in [2.24, 2.45) is 16.8 Å². The van der Waals surface area contributed by atoms with Crippen LogP contribution in [0.25, 0.3) is 0 Å². The van der Waals surface area contributed by atoms with E-state index in [9.17, 15) is 8.42 Å². The zero-order valence-electron chi connectivity index (χ0n) is 15.3. The standard InChI is InChI=1S/C16H32N4O2S.HI/c1-5-17-15(18-12-16(2,3)19-23(4,21)22)20-10-13-8-6-7-9-14(13)11-20;/h13-14,19H,5-12H2,1-4H3,(H,17,18);1H. The molecule has 6 nitrogen and oxygen atoms in total. The number of nitrogens with zero attached hydrogens (tertiary/aromatic N) is 2. The SMILES string of the molecule is CCNC(=NCC(C)(C)NS(C)(=O)=O)N1CC2CCCCC2C1.I. The minimum absolute atomic E-state index is 0. The molecule has 0 aromatic rings. The van der Waals surface area contributed by atoms with Gasteiger partial charge in [-0.3, -0.25) is 4.99 Å². The molecule has 1 aliphatic heterocycles. The normalized spacial score (nSPS) is 25.2. The summed E-state index contributed by atoms with van der Waals surface area (Å²) in [7, 11) is -3.23. The molecule has 0 amide bonds. The van der Waals surface area contributed by atoms with Crippen LogP contribution in [0.5, 0.6) is 0 Å². The zero-order chi connectivity index (χ0) is 17.1. The second kappa shape index (κ2) is 9.02. The first-order valence-electron chi connectivity index (χ1n) is 8.72. The van der Waals surface area contributed by atoms with Crippen LogP contribution in [0.2, 0.25) is 0 Å². The Morgan fingerprint density at radius 2 is 1.75 bits per heavy atom. The molecular weight excluding hydrogens is 439 g/mol. The number of guanidine groups is 1. The summed E-state index contributed by atoms with van der Waals surface area (Å²) in [5, 5.41) is 3.37. The van der Waals surface area contributed by atoms with E-state index in [1.807, 2.05) is 13.8 Å². The molecule has 2 rings (SSSR count). The summed E-state index contributed by atoms with van der Waals surface area (Å²) in [5.74, 6) is 2.52. The number of rotatable bonds is 5. The summed E-state index contributed by atoms with van der Waals surface area (Å²) in [6.45, 7) is 9.21.